The lowest BCUT2D eigenvalue weighted by atomic mass is 10.2. The Labute approximate surface area is 129 Å². The minimum Gasteiger partial charge on any atom is -0.478 e. The predicted octanol–water partition coefficient (Wildman–Crippen LogP) is 4.86. The molecule has 0 radical (unpaired) electrons. The first-order valence-electron chi connectivity index (χ1n) is 6.82. The molecule has 0 bridgehead atoms. The fourth-order valence-corrected chi connectivity index (χ4v) is 1.69. The van der Waals surface area contributed by atoms with Gasteiger partial charge in [0.05, 0.1) is 5.56 Å². The van der Waals surface area contributed by atoms with Crippen LogP contribution in [0.1, 0.15) is 10.4 Å². The van der Waals surface area contributed by atoms with Crippen molar-refractivity contribution in [2.24, 2.45) is 0 Å². The topological polar surface area (TPSA) is 46.5 Å². The Morgan fingerprint density at radius 3 is 1.32 bits per heavy atom. The second-order valence-corrected chi connectivity index (χ2v) is 4.40. The molecule has 0 saturated carbocycles. The first kappa shape index (κ1) is 15.3. The Morgan fingerprint density at radius 2 is 1.00 bits per heavy atom. The van der Waals surface area contributed by atoms with Crippen molar-refractivity contribution in [3.63, 3.8) is 0 Å². The van der Waals surface area contributed by atoms with Gasteiger partial charge < -0.3 is 9.84 Å². The lowest BCUT2D eigenvalue weighted by Crippen LogP contribution is -1.93. The number of hydrogen-bond acceptors (Lipinski definition) is 2. The molecule has 110 valence electrons. The van der Waals surface area contributed by atoms with Crippen molar-refractivity contribution in [1.82, 2.24) is 0 Å². The molecule has 0 heterocycles. The summed E-state index contributed by atoms with van der Waals surface area (Å²) >= 11 is 0. The first-order valence-corrected chi connectivity index (χ1v) is 6.82. The highest BCUT2D eigenvalue weighted by Crippen LogP contribution is 2.19. The molecule has 0 aromatic heterocycles. The molecule has 3 aromatic rings. The number of hydrogen-bond donors (Lipinski definition) is 1. The minimum absolute atomic E-state index is 0.331. The molecule has 0 aliphatic heterocycles. The van der Waals surface area contributed by atoms with E-state index in [1.165, 1.54) is 0 Å². The molecule has 0 spiro atoms. The van der Waals surface area contributed by atoms with Crippen LogP contribution >= 0.6 is 0 Å². The average molecular weight is 292 g/mol. The van der Waals surface area contributed by atoms with Crippen molar-refractivity contribution in [3.05, 3.63) is 96.6 Å². The number of carboxylic acids is 1. The molecule has 3 rings (SSSR count). The minimum atomic E-state index is -0.879. The number of benzene rings is 3. The number of aromatic carboxylic acids is 1. The van der Waals surface area contributed by atoms with Gasteiger partial charge >= 0.3 is 5.97 Å². The van der Waals surface area contributed by atoms with Gasteiger partial charge in [-0.1, -0.05) is 54.6 Å². The van der Waals surface area contributed by atoms with Crippen LogP contribution in [0.2, 0.25) is 0 Å². The van der Waals surface area contributed by atoms with Crippen LogP contribution in [0.5, 0.6) is 11.5 Å². The van der Waals surface area contributed by atoms with E-state index in [1.807, 2.05) is 60.7 Å². The molecule has 1 N–H and O–H groups in total. The lowest BCUT2D eigenvalue weighted by molar-refractivity contribution is 0.0697. The number of carbonyl (C=O) groups is 1. The molecule has 3 nitrogen and oxygen atoms in total. The molecule has 3 aromatic carbocycles. The third-order valence-corrected chi connectivity index (χ3v) is 2.74. The van der Waals surface area contributed by atoms with Crippen LogP contribution in [0.4, 0.5) is 0 Å². The second-order valence-electron chi connectivity index (χ2n) is 4.40. The summed E-state index contributed by atoms with van der Waals surface area (Å²) in [6.45, 7) is 0. The molecule has 3 heteroatoms. The van der Waals surface area contributed by atoms with Gasteiger partial charge in [-0.15, -0.1) is 0 Å². The molecule has 0 amide bonds. The van der Waals surface area contributed by atoms with E-state index in [2.05, 4.69) is 0 Å². The van der Waals surface area contributed by atoms with E-state index in [4.69, 9.17) is 9.84 Å². The SMILES string of the molecule is O=C(O)c1ccccc1.c1ccc(Oc2ccccc2)cc1. The van der Waals surface area contributed by atoms with Crippen LogP contribution < -0.4 is 4.74 Å². The van der Waals surface area contributed by atoms with E-state index < -0.39 is 5.97 Å². The van der Waals surface area contributed by atoms with Crippen molar-refractivity contribution in [2.75, 3.05) is 0 Å². The Bertz CT molecular complexity index is 642. The lowest BCUT2D eigenvalue weighted by Gasteiger charge is -2.03. The summed E-state index contributed by atoms with van der Waals surface area (Å²) in [7, 11) is 0. The Hall–Kier alpha value is -3.07. The highest BCUT2D eigenvalue weighted by molar-refractivity contribution is 5.87. The zero-order valence-corrected chi connectivity index (χ0v) is 11.9. The molecule has 0 saturated heterocycles. The van der Waals surface area contributed by atoms with Crippen LogP contribution in [0, 0.1) is 0 Å². The summed E-state index contributed by atoms with van der Waals surface area (Å²) < 4.78 is 5.58. The largest absolute Gasteiger partial charge is 0.478 e. The standard InChI is InChI=1S/C12H10O.C7H6O2/c1-3-7-11(8-4-1)13-12-9-5-2-6-10-12;8-7(9)6-4-2-1-3-5-6/h1-10H;1-5H,(H,8,9). The van der Waals surface area contributed by atoms with Crippen LogP contribution in [0.25, 0.3) is 0 Å². The molecular formula is C19H16O3. The van der Waals surface area contributed by atoms with Crippen molar-refractivity contribution >= 4 is 5.97 Å². The molecule has 0 atom stereocenters. The van der Waals surface area contributed by atoms with E-state index >= 15 is 0 Å². The van der Waals surface area contributed by atoms with Crippen molar-refractivity contribution in [3.8, 4) is 11.5 Å². The summed E-state index contributed by atoms with van der Waals surface area (Å²) in [5, 5.41) is 8.38. The molecular weight excluding hydrogens is 276 g/mol. The van der Waals surface area contributed by atoms with Gasteiger partial charge in [0.1, 0.15) is 11.5 Å². The summed E-state index contributed by atoms with van der Waals surface area (Å²) in [5.41, 5.74) is 0.331. The van der Waals surface area contributed by atoms with Gasteiger partial charge in [0.2, 0.25) is 0 Å². The van der Waals surface area contributed by atoms with E-state index in [0.717, 1.165) is 11.5 Å². The molecule has 0 aliphatic carbocycles. The third-order valence-electron chi connectivity index (χ3n) is 2.74. The van der Waals surface area contributed by atoms with E-state index in [0.29, 0.717) is 5.56 Å². The highest BCUT2D eigenvalue weighted by Gasteiger charge is 1.96. The molecule has 0 aliphatic rings. The number of para-hydroxylation sites is 2. The first-order chi connectivity index (χ1) is 10.8. The van der Waals surface area contributed by atoms with E-state index in [1.54, 1.807) is 30.3 Å². The van der Waals surface area contributed by atoms with Gasteiger partial charge in [-0.25, -0.2) is 4.79 Å². The average Bonchev–Trinajstić information content (AvgIpc) is 2.58. The maximum absolute atomic E-state index is 10.2. The highest BCUT2D eigenvalue weighted by atomic mass is 16.5. The third kappa shape index (κ3) is 5.13. The zero-order chi connectivity index (χ0) is 15.6. The van der Waals surface area contributed by atoms with Gasteiger partial charge in [0, 0.05) is 0 Å². The quantitative estimate of drug-likeness (QED) is 0.749. The maximum Gasteiger partial charge on any atom is 0.335 e. The second kappa shape index (κ2) is 8.27. The molecule has 22 heavy (non-hydrogen) atoms. The summed E-state index contributed by atoms with van der Waals surface area (Å²) in [6, 6.07) is 27.8. The number of carboxylic acid groups (broad SMARTS) is 1. The Morgan fingerprint density at radius 1 is 0.636 bits per heavy atom. The maximum atomic E-state index is 10.2. The predicted molar refractivity (Wildman–Crippen MR) is 86.4 cm³/mol. The summed E-state index contributed by atoms with van der Waals surface area (Å²) in [5.74, 6) is 0.859. The smallest absolute Gasteiger partial charge is 0.335 e. The van der Waals surface area contributed by atoms with Crippen LogP contribution in [-0.2, 0) is 0 Å². The van der Waals surface area contributed by atoms with Gasteiger partial charge in [-0.05, 0) is 36.4 Å². The Kier molecular flexibility index (Phi) is 5.76. The van der Waals surface area contributed by atoms with Crippen LogP contribution in [0.15, 0.2) is 91.0 Å². The summed E-state index contributed by atoms with van der Waals surface area (Å²) in [4.78, 5) is 10.2. The van der Waals surface area contributed by atoms with Gasteiger partial charge in [-0.2, -0.15) is 0 Å². The van der Waals surface area contributed by atoms with E-state index in [-0.39, 0.29) is 0 Å². The fraction of sp³-hybridized carbons (Fsp3) is 0. The van der Waals surface area contributed by atoms with Gasteiger partial charge in [-0.3, -0.25) is 0 Å². The van der Waals surface area contributed by atoms with Crippen LogP contribution in [0.3, 0.4) is 0 Å². The van der Waals surface area contributed by atoms with Crippen molar-refractivity contribution < 1.29 is 14.6 Å². The monoisotopic (exact) mass is 292 g/mol. The van der Waals surface area contributed by atoms with Crippen molar-refractivity contribution in [1.29, 1.82) is 0 Å². The van der Waals surface area contributed by atoms with Crippen molar-refractivity contribution in [2.45, 2.75) is 0 Å². The zero-order valence-electron chi connectivity index (χ0n) is 11.9. The summed E-state index contributed by atoms with van der Waals surface area (Å²) in [6.07, 6.45) is 0. The van der Waals surface area contributed by atoms with E-state index in [9.17, 15) is 4.79 Å². The molecule has 0 fully saturated rings. The van der Waals surface area contributed by atoms with Gasteiger partial charge in [0.25, 0.3) is 0 Å². The fourth-order valence-electron chi connectivity index (χ4n) is 1.69. The van der Waals surface area contributed by atoms with Crippen LogP contribution in [-0.4, -0.2) is 11.1 Å². The number of rotatable bonds is 3. The Balaban J connectivity index is 0.000000172. The number of ether oxygens (including phenoxy) is 1. The normalized spacial score (nSPS) is 9.27. The molecule has 0 unspecified atom stereocenters. The van der Waals surface area contributed by atoms with Gasteiger partial charge in [0.15, 0.2) is 0 Å².